The molecule has 0 unspecified atom stereocenters. The third kappa shape index (κ3) is 13.8. The van der Waals surface area contributed by atoms with Crippen LogP contribution in [0.2, 0.25) is 0 Å². The summed E-state index contributed by atoms with van der Waals surface area (Å²) in [5.74, 6) is -1.47. The van der Waals surface area contributed by atoms with Crippen LogP contribution in [-0.4, -0.2) is 70.6 Å². The monoisotopic (exact) mass is 611 g/mol. The third-order valence-corrected chi connectivity index (χ3v) is 8.60. The Morgan fingerprint density at radius 3 is 2.10 bits per heavy atom. The number of ketones is 1. The van der Waals surface area contributed by atoms with Gasteiger partial charge in [0.2, 0.25) is 0 Å². The van der Waals surface area contributed by atoms with Crippen LogP contribution < -0.4 is 0 Å². The number of carboxylic acid groups (broad SMARTS) is 1. The number of nitrogens with zero attached hydrogens (tertiary/aromatic N) is 1. The predicted molar refractivity (Wildman–Crippen MR) is 172 cm³/mol. The lowest BCUT2D eigenvalue weighted by Crippen LogP contribution is -2.45. The molecule has 42 heavy (non-hydrogen) atoms. The number of Topliss-reactive ketones (excluding diaryl/α,β-unsaturated/α-hetero) is 1. The number of aliphatic carboxylic acids is 1. The van der Waals surface area contributed by atoms with E-state index in [4.69, 9.17) is 9.47 Å². The van der Waals surface area contributed by atoms with Crippen LogP contribution in [0.15, 0.2) is 23.3 Å². The van der Waals surface area contributed by atoms with Crippen molar-refractivity contribution in [3.8, 4) is 0 Å². The molecule has 0 saturated carbocycles. The van der Waals surface area contributed by atoms with Crippen molar-refractivity contribution in [2.24, 2.45) is 23.7 Å². The second-order valence-electron chi connectivity index (χ2n) is 12.5. The van der Waals surface area contributed by atoms with Gasteiger partial charge in [0.15, 0.2) is 5.78 Å². The van der Waals surface area contributed by atoms with Crippen LogP contribution in [0.25, 0.3) is 0 Å². The summed E-state index contributed by atoms with van der Waals surface area (Å²) in [4.78, 5) is 51.8. The number of hydrogen-bond acceptors (Lipinski definition) is 7. The maximum absolute atomic E-state index is 13.3. The molecule has 0 bridgehead atoms. The van der Waals surface area contributed by atoms with Crippen LogP contribution in [0.4, 0.5) is 4.79 Å². The molecule has 0 heterocycles. The molecule has 1 N–H and O–H groups in total. The zero-order valence-electron chi connectivity index (χ0n) is 28.1. The minimum Gasteiger partial charge on any atom is -0.481 e. The van der Waals surface area contributed by atoms with Crippen LogP contribution in [0.3, 0.4) is 0 Å². The van der Waals surface area contributed by atoms with Crippen molar-refractivity contribution >= 4 is 35.6 Å². The second kappa shape index (κ2) is 19.1. The van der Waals surface area contributed by atoms with Gasteiger partial charge in [0.1, 0.15) is 17.7 Å². The Morgan fingerprint density at radius 1 is 1.02 bits per heavy atom. The largest absolute Gasteiger partial charge is 0.481 e. The summed E-state index contributed by atoms with van der Waals surface area (Å²) in [5, 5.41) is 9.63. The van der Waals surface area contributed by atoms with Crippen molar-refractivity contribution in [1.29, 1.82) is 0 Å². The summed E-state index contributed by atoms with van der Waals surface area (Å²) < 4.78 is 11.5. The number of likely N-dealkylation sites (N-methyl/N-ethyl adjacent to an activating group) is 1. The van der Waals surface area contributed by atoms with Crippen molar-refractivity contribution in [2.45, 2.75) is 119 Å². The molecule has 0 aliphatic heterocycles. The van der Waals surface area contributed by atoms with E-state index in [2.05, 4.69) is 6.92 Å². The number of carboxylic acids is 1. The summed E-state index contributed by atoms with van der Waals surface area (Å²) in [6.07, 6.45) is 7.81. The number of ether oxygens (including phenoxy) is 2. The Labute approximate surface area is 259 Å². The van der Waals surface area contributed by atoms with Gasteiger partial charge in [-0.15, -0.1) is 0 Å². The van der Waals surface area contributed by atoms with E-state index < -0.39 is 41.7 Å². The molecule has 0 radical (unpaired) electrons. The SMILES string of the molecule is CC/C=C(\C)[C@@H](OC(=O)[C@H](C)N(C)C(=O)OC(C)(C)C)[C@@H](C)[C@H](C/C=C(\C)C(=O)C[C@@H](C(=O)O)[C@@H](C)CC)CCSC. The standard InChI is InChI=1S/C33H57NO7S/c1-13-15-23(5)29(40-31(38)25(7)34(11)32(39)41-33(8,9)10)24(6)26(18-19-42-12)17-16-22(4)28(35)20-27(30(36)37)21(3)14-2/h15-16,21,24-27,29H,13-14,17-20H2,1-12H3,(H,36,37)/b22-16+,23-15+/t21-,24-,25-,26+,27+,29+/m0/s1. The first-order valence-electron chi connectivity index (χ1n) is 15.2. The van der Waals surface area contributed by atoms with Gasteiger partial charge in [-0.2, -0.15) is 11.8 Å². The third-order valence-electron chi connectivity index (χ3n) is 7.96. The van der Waals surface area contributed by atoms with E-state index in [1.165, 1.54) is 11.9 Å². The topological polar surface area (TPSA) is 110 Å². The molecular weight excluding hydrogens is 554 g/mol. The predicted octanol–water partition coefficient (Wildman–Crippen LogP) is 7.56. The molecule has 9 heteroatoms. The van der Waals surface area contributed by atoms with Crippen molar-refractivity contribution in [1.82, 2.24) is 4.90 Å². The highest BCUT2D eigenvalue weighted by molar-refractivity contribution is 7.98. The Balaban J connectivity index is 5.98. The van der Waals surface area contributed by atoms with Gasteiger partial charge in [0, 0.05) is 19.4 Å². The fraction of sp³-hybridized carbons (Fsp3) is 0.758. The molecule has 0 spiro atoms. The number of esters is 1. The molecule has 1 amide bonds. The van der Waals surface area contributed by atoms with E-state index in [1.807, 2.05) is 46.1 Å². The van der Waals surface area contributed by atoms with Crippen LogP contribution in [0.1, 0.15) is 101 Å². The second-order valence-corrected chi connectivity index (χ2v) is 13.4. The van der Waals surface area contributed by atoms with Gasteiger partial charge in [-0.05, 0) is 95.8 Å². The Kier molecular flexibility index (Phi) is 18.0. The minimum absolute atomic E-state index is 0.0145. The van der Waals surface area contributed by atoms with Crippen LogP contribution >= 0.6 is 11.8 Å². The lowest BCUT2D eigenvalue weighted by atomic mass is 9.81. The highest BCUT2D eigenvalue weighted by Crippen LogP contribution is 2.31. The summed E-state index contributed by atoms with van der Waals surface area (Å²) in [6.45, 7) is 18.5. The quantitative estimate of drug-likeness (QED) is 0.0961. The highest BCUT2D eigenvalue weighted by atomic mass is 32.2. The van der Waals surface area contributed by atoms with Crippen molar-refractivity contribution in [2.75, 3.05) is 19.1 Å². The maximum Gasteiger partial charge on any atom is 0.410 e. The van der Waals surface area contributed by atoms with Gasteiger partial charge in [-0.25, -0.2) is 9.59 Å². The Hall–Kier alpha value is -2.29. The summed E-state index contributed by atoms with van der Waals surface area (Å²) in [6, 6.07) is -0.846. The van der Waals surface area contributed by atoms with Gasteiger partial charge in [0.25, 0.3) is 0 Å². The number of thioether (sulfide) groups is 1. The number of allylic oxidation sites excluding steroid dienone is 3. The smallest absolute Gasteiger partial charge is 0.410 e. The number of carbonyl (C=O) groups excluding carboxylic acids is 3. The number of rotatable bonds is 18. The Bertz CT molecular complexity index is 953. The molecule has 0 aliphatic rings. The van der Waals surface area contributed by atoms with Crippen molar-refractivity contribution in [3.05, 3.63) is 23.3 Å². The van der Waals surface area contributed by atoms with E-state index >= 15 is 0 Å². The average molecular weight is 612 g/mol. The normalized spacial score (nSPS) is 17.0. The molecule has 0 saturated heterocycles. The highest BCUT2D eigenvalue weighted by Gasteiger charge is 2.34. The number of carbonyl (C=O) groups is 4. The maximum atomic E-state index is 13.3. The fourth-order valence-electron chi connectivity index (χ4n) is 4.66. The van der Waals surface area contributed by atoms with Crippen LogP contribution in [0, 0.1) is 23.7 Å². The first kappa shape index (κ1) is 39.7. The van der Waals surface area contributed by atoms with Gasteiger partial charge < -0.3 is 14.6 Å². The molecule has 242 valence electrons. The first-order chi connectivity index (χ1) is 19.4. The average Bonchev–Trinajstić information content (AvgIpc) is 2.91. The van der Waals surface area contributed by atoms with Crippen molar-refractivity contribution < 1.29 is 33.8 Å². The summed E-state index contributed by atoms with van der Waals surface area (Å²) >= 11 is 1.73. The molecule has 0 aromatic rings. The molecule has 6 atom stereocenters. The van der Waals surface area contributed by atoms with Crippen LogP contribution in [-0.2, 0) is 23.9 Å². The molecule has 0 aromatic carbocycles. The lowest BCUT2D eigenvalue weighted by Gasteiger charge is -2.33. The molecule has 0 rings (SSSR count). The fourth-order valence-corrected chi connectivity index (χ4v) is 5.20. The summed E-state index contributed by atoms with van der Waals surface area (Å²) in [7, 11) is 1.52. The van der Waals surface area contributed by atoms with Gasteiger partial charge in [-0.3, -0.25) is 14.5 Å². The van der Waals surface area contributed by atoms with Gasteiger partial charge in [0.05, 0.1) is 5.92 Å². The van der Waals surface area contributed by atoms with Crippen molar-refractivity contribution in [3.63, 3.8) is 0 Å². The van der Waals surface area contributed by atoms with Gasteiger partial charge >= 0.3 is 18.0 Å². The first-order valence-corrected chi connectivity index (χ1v) is 16.6. The van der Waals surface area contributed by atoms with Gasteiger partial charge in [-0.1, -0.05) is 46.3 Å². The van der Waals surface area contributed by atoms with E-state index in [0.29, 0.717) is 18.4 Å². The van der Waals surface area contributed by atoms with E-state index in [9.17, 15) is 24.3 Å². The van der Waals surface area contributed by atoms with Crippen LogP contribution in [0.5, 0.6) is 0 Å². The van der Waals surface area contributed by atoms with E-state index in [1.54, 1.807) is 46.4 Å². The molecule has 0 fully saturated rings. The lowest BCUT2D eigenvalue weighted by molar-refractivity contribution is -0.155. The zero-order chi connectivity index (χ0) is 32.8. The zero-order valence-corrected chi connectivity index (χ0v) is 28.9. The molecule has 8 nitrogen and oxygen atoms in total. The summed E-state index contributed by atoms with van der Waals surface area (Å²) in [5.41, 5.74) is 0.814. The minimum atomic E-state index is -0.939. The van der Waals surface area contributed by atoms with E-state index in [0.717, 1.165) is 24.2 Å². The Morgan fingerprint density at radius 2 is 1.62 bits per heavy atom. The molecule has 0 aliphatic carbocycles. The number of hydrogen-bond donors (Lipinski definition) is 1. The molecular formula is C33H57NO7S. The van der Waals surface area contributed by atoms with E-state index in [-0.39, 0.29) is 30.0 Å². The molecule has 0 aromatic heterocycles. The number of amides is 1.